The summed E-state index contributed by atoms with van der Waals surface area (Å²) in [5.41, 5.74) is 2.36. The smallest absolute Gasteiger partial charge is 0.0900 e. The highest BCUT2D eigenvalue weighted by Gasteiger charge is 2.08. The lowest BCUT2D eigenvalue weighted by molar-refractivity contribution is 0.654. The number of aryl methyl sites for hydroxylation is 1. The maximum Gasteiger partial charge on any atom is 0.0900 e. The molecule has 0 saturated heterocycles. The second-order valence-electron chi connectivity index (χ2n) is 4.13. The fraction of sp³-hybridized carbons (Fsp3) is 0.214. The summed E-state index contributed by atoms with van der Waals surface area (Å²) < 4.78 is 4.21. The van der Waals surface area contributed by atoms with Crippen LogP contribution in [-0.2, 0) is 13.1 Å². The molecule has 3 nitrogen and oxygen atoms in total. The highest BCUT2D eigenvalue weighted by molar-refractivity contribution is 5.81. The lowest BCUT2D eigenvalue weighted by atomic mass is 10.2. The van der Waals surface area contributed by atoms with Crippen molar-refractivity contribution in [2.75, 3.05) is 0 Å². The van der Waals surface area contributed by atoms with E-state index < -0.39 is 0 Å². The number of hydrogen-bond donors (Lipinski definition) is 0. The van der Waals surface area contributed by atoms with Crippen LogP contribution in [0.1, 0.15) is 12.6 Å². The van der Waals surface area contributed by atoms with E-state index in [1.54, 1.807) is 0 Å². The molecule has 0 radical (unpaired) electrons. The van der Waals surface area contributed by atoms with Crippen LogP contribution in [0.5, 0.6) is 0 Å². The summed E-state index contributed by atoms with van der Waals surface area (Å²) in [6.07, 6.45) is 4.14. The fourth-order valence-electron chi connectivity index (χ4n) is 2.20. The third-order valence-corrected chi connectivity index (χ3v) is 3.03. The number of aromatic nitrogens is 3. The zero-order valence-electron chi connectivity index (χ0n) is 9.87. The predicted molar refractivity (Wildman–Crippen MR) is 68.9 cm³/mol. The first-order valence-electron chi connectivity index (χ1n) is 5.93. The third kappa shape index (κ3) is 1.73. The first-order valence-corrected chi connectivity index (χ1v) is 5.93. The lowest BCUT2D eigenvalue weighted by Gasteiger charge is -1.99. The number of fused-ring (bicyclic) bond motifs is 1. The zero-order chi connectivity index (χ0) is 11.7. The number of nitrogens with zero attached hydrogens (tertiary/aromatic N) is 3. The first kappa shape index (κ1) is 10.1. The van der Waals surface area contributed by atoms with E-state index >= 15 is 0 Å². The largest absolute Gasteiger partial charge is 0.348 e. The molecule has 86 valence electrons. The average molecular weight is 225 g/mol. The van der Waals surface area contributed by atoms with E-state index in [0.717, 1.165) is 18.8 Å². The summed E-state index contributed by atoms with van der Waals surface area (Å²) in [7, 11) is 0. The number of rotatable bonds is 3. The Morgan fingerprint density at radius 3 is 2.59 bits per heavy atom. The highest BCUT2D eigenvalue weighted by Crippen LogP contribution is 2.19. The van der Waals surface area contributed by atoms with Gasteiger partial charge in [-0.1, -0.05) is 18.2 Å². The molecule has 0 aliphatic rings. The molecular weight excluding hydrogens is 210 g/mol. The second kappa shape index (κ2) is 4.09. The summed E-state index contributed by atoms with van der Waals surface area (Å²) in [6.45, 7) is 3.87. The van der Waals surface area contributed by atoms with E-state index in [0.29, 0.717) is 0 Å². The number of para-hydroxylation sites is 1. The quantitative estimate of drug-likeness (QED) is 0.672. The molecule has 3 rings (SSSR count). The average Bonchev–Trinajstić information content (AvgIpc) is 2.98. The molecule has 2 aromatic heterocycles. The molecule has 0 bridgehead atoms. The van der Waals surface area contributed by atoms with Crippen molar-refractivity contribution in [2.24, 2.45) is 0 Å². The van der Waals surface area contributed by atoms with Gasteiger partial charge < -0.3 is 4.57 Å². The molecule has 2 heterocycles. The van der Waals surface area contributed by atoms with Gasteiger partial charge in [0.2, 0.25) is 0 Å². The molecule has 1 aromatic carbocycles. The minimum absolute atomic E-state index is 0.834. The standard InChI is InChI=1S/C14H15N3/c1-2-17-14-8-4-3-7-12(14)13(15-17)11-16-9-5-6-10-16/h3-10H,2,11H2,1H3. The van der Waals surface area contributed by atoms with E-state index in [9.17, 15) is 0 Å². The van der Waals surface area contributed by atoms with Crippen LogP contribution in [0.4, 0.5) is 0 Å². The minimum atomic E-state index is 0.834. The van der Waals surface area contributed by atoms with Crippen molar-refractivity contribution < 1.29 is 0 Å². The van der Waals surface area contributed by atoms with Crippen molar-refractivity contribution in [3.05, 3.63) is 54.5 Å². The van der Waals surface area contributed by atoms with Crippen molar-refractivity contribution in [2.45, 2.75) is 20.0 Å². The Morgan fingerprint density at radius 1 is 1.06 bits per heavy atom. The van der Waals surface area contributed by atoms with Gasteiger partial charge in [0.05, 0.1) is 17.8 Å². The van der Waals surface area contributed by atoms with E-state index in [4.69, 9.17) is 0 Å². The molecule has 17 heavy (non-hydrogen) atoms. The summed E-state index contributed by atoms with van der Waals surface area (Å²) in [4.78, 5) is 0. The molecule has 0 fully saturated rings. The summed E-state index contributed by atoms with van der Waals surface area (Å²) >= 11 is 0. The van der Waals surface area contributed by atoms with Crippen LogP contribution in [0.2, 0.25) is 0 Å². The van der Waals surface area contributed by atoms with Gasteiger partial charge in [0.15, 0.2) is 0 Å². The Labute approximate surface area is 100 Å². The Balaban J connectivity index is 2.10. The van der Waals surface area contributed by atoms with Crippen molar-refractivity contribution in [1.29, 1.82) is 0 Å². The van der Waals surface area contributed by atoms with Crippen molar-refractivity contribution in [3.63, 3.8) is 0 Å². The molecule has 0 N–H and O–H groups in total. The van der Waals surface area contributed by atoms with Crippen LogP contribution in [-0.4, -0.2) is 14.3 Å². The van der Waals surface area contributed by atoms with Crippen LogP contribution in [0, 0.1) is 0 Å². The fourth-order valence-corrected chi connectivity index (χ4v) is 2.20. The number of benzene rings is 1. The summed E-state index contributed by atoms with van der Waals surface area (Å²) in [6, 6.07) is 12.5. The molecule has 0 aliphatic carbocycles. The van der Waals surface area contributed by atoms with Gasteiger partial charge in [-0.3, -0.25) is 4.68 Å². The number of hydrogen-bond acceptors (Lipinski definition) is 1. The van der Waals surface area contributed by atoms with Gasteiger partial charge >= 0.3 is 0 Å². The SMILES string of the molecule is CCn1nc(Cn2cccc2)c2ccccc21. The van der Waals surface area contributed by atoms with Crippen molar-refractivity contribution >= 4 is 10.9 Å². The highest BCUT2D eigenvalue weighted by atomic mass is 15.3. The minimum Gasteiger partial charge on any atom is -0.348 e. The van der Waals surface area contributed by atoms with Crippen LogP contribution >= 0.6 is 0 Å². The van der Waals surface area contributed by atoms with Gasteiger partial charge in [0.25, 0.3) is 0 Å². The molecule has 0 atom stereocenters. The van der Waals surface area contributed by atoms with Gasteiger partial charge in [0.1, 0.15) is 0 Å². The summed E-state index contributed by atoms with van der Waals surface area (Å²) in [5, 5.41) is 5.93. The van der Waals surface area contributed by atoms with E-state index in [1.807, 2.05) is 12.1 Å². The molecular formula is C14H15N3. The Morgan fingerprint density at radius 2 is 1.82 bits per heavy atom. The van der Waals surface area contributed by atoms with E-state index in [2.05, 4.69) is 57.9 Å². The van der Waals surface area contributed by atoms with Crippen molar-refractivity contribution in [3.8, 4) is 0 Å². The Kier molecular flexibility index (Phi) is 2.44. The van der Waals surface area contributed by atoms with Crippen molar-refractivity contribution in [1.82, 2.24) is 14.3 Å². The van der Waals surface area contributed by atoms with Gasteiger partial charge in [-0.15, -0.1) is 0 Å². The molecule has 0 spiro atoms. The normalized spacial score (nSPS) is 11.1. The third-order valence-electron chi connectivity index (χ3n) is 3.03. The van der Waals surface area contributed by atoms with E-state index in [-0.39, 0.29) is 0 Å². The Bertz CT molecular complexity index is 620. The maximum atomic E-state index is 4.68. The molecule has 0 unspecified atom stereocenters. The van der Waals surface area contributed by atoms with Gasteiger partial charge in [-0.25, -0.2) is 0 Å². The second-order valence-corrected chi connectivity index (χ2v) is 4.13. The maximum absolute atomic E-state index is 4.68. The zero-order valence-corrected chi connectivity index (χ0v) is 9.87. The lowest BCUT2D eigenvalue weighted by Crippen LogP contribution is -2.00. The molecule has 3 aromatic rings. The molecule has 3 heteroatoms. The Hall–Kier alpha value is -2.03. The van der Waals surface area contributed by atoms with Gasteiger partial charge in [-0.05, 0) is 25.1 Å². The van der Waals surface area contributed by atoms with Crippen LogP contribution in [0.3, 0.4) is 0 Å². The monoisotopic (exact) mass is 225 g/mol. The molecule has 0 saturated carbocycles. The molecule has 0 aliphatic heterocycles. The van der Waals surface area contributed by atoms with E-state index in [1.165, 1.54) is 10.9 Å². The van der Waals surface area contributed by atoms with Gasteiger partial charge in [0, 0.05) is 24.3 Å². The first-order chi connectivity index (χ1) is 8.38. The van der Waals surface area contributed by atoms with Crippen LogP contribution < -0.4 is 0 Å². The van der Waals surface area contributed by atoms with Crippen LogP contribution in [0.25, 0.3) is 10.9 Å². The van der Waals surface area contributed by atoms with Gasteiger partial charge in [-0.2, -0.15) is 5.10 Å². The topological polar surface area (TPSA) is 22.8 Å². The predicted octanol–water partition coefficient (Wildman–Crippen LogP) is 2.91. The molecule has 0 amide bonds. The summed E-state index contributed by atoms with van der Waals surface area (Å²) in [5.74, 6) is 0. The van der Waals surface area contributed by atoms with Crippen LogP contribution in [0.15, 0.2) is 48.8 Å².